The Kier molecular flexibility index (Phi) is 5.20. The minimum Gasteiger partial charge on any atom is -0.459 e. The van der Waals surface area contributed by atoms with Gasteiger partial charge in [-0.2, -0.15) is 0 Å². The third-order valence-corrected chi connectivity index (χ3v) is 3.90. The molecule has 1 aliphatic rings. The number of carbonyl (C=O) groups is 3. The number of nitrogens with zero attached hydrogens (tertiary/aromatic N) is 1. The Labute approximate surface area is 148 Å². The van der Waals surface area contributed by atoms with Gasteiger partial charge in [-0.05, 0) is 32.8 Å². The summed E-state index contributed by atoms with van der Waals surface area (Å²) >= 11 is 0. The lowest BCUT2D eigenvalue weighted by Gasteiger charge is -2.26. The van der Waals surface area contributed by atoms with Gasteiger partial charge in [0.15, 0.2) is 0 Å². The van der Waals surface area contributed by atoms with Gasteiger partial charge >= 0.3 is 12.1 Å². The Bertz CT molecular complexity index is 660. The molecule has 25 heavy (non-hydrogen) atoms. The molecule has 1 fully saturated rings. The second-order valence-electron chi connectivity index (χ2n) is 7.85. The smallest absolute Gasteiger partial charge is 0.417 e. The maximum Gasteiger partial charge on any atom is 0.417 e. The first kappa shape index (κ1) is 19.0. The van der Waals surface area contributed by atoms with E-state index in [1.54, 1.807) is 34.6 Å². The van der Waals surface area contributed by atoms with Crippen molar-refractivity contribution in [2.24, 2.45) is 5.41 Å². The molecule has 136 valence electrons. The lowest BCUT2D eigenvalue weighted by Crippen LogP contribution is -2.46. The standard InChI is InChI=1S/C19H25NO5/c1-18(2,3)25-17(23)20-14(11-19(4,5)16(20)22)15(21)24-12-13-9-7-6-8-10-13/h6-10,14H,11-12H2,1-5H3/t14-/m0/s1. The first-order valence-electron chi connectivity index (χ1n) is 8.28. The molecule has 1 aromatic carbocycles. The average Bonchev–Trinajstić information content (AvgIpc) is 2.75. The van der Waals surface area contributed by atoms with Crippen LogP contribution in [0.25, 0.3) is 0 Å². The fourth-order valence-corrected chi connectivity index (χ4v) is 2.66. The maximum absolute atomic E-state index is 12.6. The van der Waals surface area contributed by atoms with Crippen molar-refractivity contribution in [3.63, 3.8) is 0 Å². The van der Waals surface area contributed by atoms with Crippen LogP contribution in [0.2, 0.25) is 0 Å². The molecule has 0 spiro atoms. The third kappa shape index (κ3) is 4.59. The highest BCUT2D eigenvalue weighted by molar-refractivity contribution is 6.02. The first-order valence-corrected chi connectivity index (χ1v) is 8.28. The minimum absolute atomic E-state index is 0.0902. The molecular weight excluding hydrogens is 322 g/mol. The van der Waals surface area contributed by atoms with Crippen LogP contribution in [0.1, 0.15) is 46.6 Å². The van der Waals surface area contributed by atoms with Gasteiger partial charge in [-0.1, -0.05) is 44.2 Å². The van der Waals surface area contributed by atoms with E-state index in [1.165, 1.54) is 0 Å². The SMILES string of the molecule is CC(C)(C)OC(=O)N1C(=O)C(C)(C)C[C@H]1C(=O)OCc1ccccc1. The van der Waals surface area contributed by atoms with Gasteiger partial charge in [0.05, 0.1) is 0 Å². The van der Waals surface area contributed by atoms with E-state index in [2.05, 4.69) is 0 Å². The van der Waals surface area contributed by atoms with Gasteiger partial charge in [0, 0.05) is 5.41 Å². The molecule has 2 rings (SSSR count). The lowest BCUT2D eigenvalue weighted by atomic mass is 9.90. The van der Waals surface area contributed by atoms with Crippen LogP contribution in [0.3, 0.4) is 0 Å². The Balaban J connectivity index is 2.13. The topological polar surface area (TPSA) is 72.9 Å². The summed E-state index contributed by atoms with van der Waals surface area (Å²) in [6.45, 7) is 8.62. The molecule has 1 aliphatic heterocycles. The van der Waals surface area contributed by atoms with Gasteiger partial charge in [-0.25, -0.2) is 14.5 Å². The Morgan fingerprint density at radius 1 is 1.20 bits per heavy atom. The van der Waals surface area contributed by atoms with Crippen molar-refractivity contribution in [1.82, 2.24) is 4.90 Å². The Morgan fingerprint density at radius 3 is 2.36 bits per heavy atom. The molecule has 0 N–H and O–H groups in total. The number of likely N-dealkylation sites (tertiary alicyclic amines) is 1. The quantitative estimate of drug-likeness (QED) is 0.785. The van der Waals surface area contributed by atoms with Crippen molar-refractivity contribution in [1.29, 1.82) is 0 Å². The molecule has 1 aromatic rings. The zero-order chi connectivity index (χ0) is 18.8. The minimum atomic E-state index is -0.971. The normalized spacial score (nSPS) is 19.6. The molecule has 6 nitrogen and oxygen atoms in total. The second-order valence-corrected chi connectivity index (χ2v) is 7.85. The maximum atomic E-state index is 12.6. The van der Waals surface area contributed by atoms with Gasteiger partial charge < -0.3 is 9.47 Å². The number of ether oxygens (including phenoxy) is 2. The van der Waals surface area contributed by atoms with Gasteiger partial charge in [-0.15, -0.1) is 0 Å². The fourth-order valence-electron chi connectivity index (χ4n) is 2.66. The van der Waals surface area contributed by atoms with Crippen LogP contribution in [-0.2, 0) is 25.7 Å². The summed E-state index contributed by atoms with van der Waals surface area (Å²) in [4.78, 5) is 38.4. The number of hydrogen-bond acceptors (Lipinski definition) is 5. The molecule has 1 heterocycles. The zero-order valence-corrected chi connectivity index (χ0v) is 15.4. The van der Waals surface area contributed by atoms with Crippen LogP contribution in [-0.4, -0.2) is 34.5 Å². The molecule has 6 heteroatoms. The van der Waals surface area contributed by atoms with Crippen molar-refractivity contribution in [2.75, 3.05) is 0 Å². The summed E-state index contributed by atoms with van der Waals surface area (Å²) < 4.78 is 10.6. The highest BCUT2D eigenvalue weighted by atomic mass is 16.6. The van der Waals surface area contributed by atoms with E-state index >= 15 is 0 Å². The van der Waals surface area contributed by atoms with Crippen LogP contribution >= 0.6 is 0 Å². The number of hydrogen-bond donors (Lipinski definition) is 0. The number of rotatable bonds is 3. The van der Waals surface area contributed by atoms with E-state index in [0.717, 1.165) is 10.5 Å². The molecule has 0 unspecified atom stereocenters. The number of esters is 1. The first-order chi connectivity index (χ1) is 11.5. The Morgan fingerprint density at radius 2 is 1.80 bits per heavy atom. The lowest BCUT2D eigenvalue weighted by molar-refractivity contribution is -0.152. The number of benzene rings is 1. The van der Waals surface area contributed by atoms with Crippen molar-refractivity contribution in [3.8, 4) is 0 Å². The molecule has 1 atom stereocenters. The summed E-state index contributed by atoms with van der Waals surface area (Å²) in [6.07, 6.45) is -0.608. The van der Waals surface area contributed by atoms with Gasteiger partial charge in [0.1, 0.15) is 18.2 Å². The highest BCUT2D eigenvalue weighted by Crippen LogP contribution is 2.37. The highest BCUT2D eigenvalue weighted by Gasteiger charge is 2.53. The second kappa shape index (κ2) is 6.86. The van der Waals surface area contributed by atoms with Crippen molar-refractivity contribution >= 4 is 18.0 Å². The Hall–Kier alpha value is -2.37. The van der Waals surface area contributed by atoms with E-state index in [4.69, 9.17) is 9.47 Å². The zero-order valence-electron chi connectivity index (χ0n) is 15.4. The molecule has 0 saturated carbocycles. The predicted molar refractivity (Wildman–Crippen MR) is 91.5 cm³/mol. The average molecular weight is 347 g/mol. The number of amides is 2. The molecule has 0 bridgehead atoms. The van der Waals surface area contributed by atoms with Crippen molar-refractivity contribution < 1.29 is 23.9 Å². The van der Waals surface area contributed by atoms with E-state index in [-0.39, 0.29) is 13.0 Å². The van der Waals surface area contributed by atoms with Crippen LogP contribution < -0.4 is 0 Å². The van der Waals surface area contributed by atoms with Crippen LogP contribution in [0.4, 0.5) is 4.79 Å². The van der Waals surface area contributed by atoms with E-state index < -0.39 is 35.0 Å². The van der Waals surface area contributed by atoms with E-state index in [1.807, 2.05) is 30.3 Å². The molecular formula is C19H25NO5. The van der Waals surface area contributed by atoms with Crippen LogP contribution in [0.5, 0.6) is 0 Å². The fraction of sp³-hybridized carbons (Fsp3) is 0.526. The van der Waals surface area contributed by atoms with Crippen molar-refractivity contribution in [3.05, 3.63) is 35.9 Å². The predicted octanol–water partition coefficient (Wildman–Crippen LogP) is 3.29. The van der Waals surface area contributed by atoms with Gasteiger partial charge in [0.25, 0.3) is 0 Å². The summed E-state index contributed by atoms with van der Waals surface area (Å²) in [6, 6.07) is 8.26. The van der Waals surface area contributed by atoms with E-state index in [9.17, 15) is 14.4 Å². The number of imide groups is 1. The van der Waals surface area contributed by atoms with Crippen molar-refractivity contribution in [2.45, 2.75) is 59.3 Å². The largest absolute Gasteiger partial charge is 0.459 e. The number of carbonyl (C=O) groups excluding carboxylic acids is 3. The third-order valence-electron chi connectivity index (χ3n) is 3.90. The van der Waals surface area contributed by atoms with Crippen LogP contribution in [0, 0.1) is 5.41 Å². The molecule has 1 saturated heterocycles. The van der Waals surface area contributed by atoms with Crippen LogP contribution in [0.15, 0.2) is 30.3 Å². The summed E-state index contributed by atoms with van der Waals surface area (Å²) in [7, 11) is 0. The van der Waals surface area contributed by atoms with Gasteiger partial charge in [0.2, 0.25) is 5.91 Å². The molecule has 2 amide bonds. The van der Waals surface area contributed by atoms with E-state index in [0.29, 0.717) is 0 Å². The van der Waals surface area contributed by atoms with Gasteiger partial charge in [-0.3, -0.25) is 4.79 Å². The summed E-state index contributed by atoms with van der Waals surface area (Å²) in [5, 5.41) is 0. The molecule has 0 aromatic heterocycles. The summed E-state index contributed by atoms with van der Waals surface area (Å²) in [5.41, 5.74) is -0.751. The monoisotopic (exact) mass is 347 g/mol. The molecule has 0 radical (unpaired) electrons. The molecule has 0 aliphatic carbocycles. The summed E-state index contributed by atoms with van der Waals surface area (Å²) in [5.74, 6) is -1.03.